The highest BCUT2D eigenvalue weighted by molar-refractivity contribution is 7.54. The van der Waals surface area contributed by atoms with Gasteiger partial charge < -0.3 is 9.05 Å². The molecule has 0 radical (unpaired) electrons. The van der Waals surface area contributed by atoms with Gasteiger partial charge in [-0.1, -0.05) is 17.7 Å². The van der Waals surface area contributed by atoms with E-state index in [2.05, 4.69) is 0 Å². The highest BCUT2D eigenvalue weighted by Crippen LogP contribution is 2.48. The molecule has 0 fully saturated rings. The Morgan fingerprint density at radius 3 is 2.15 bits per heavy atom. The number of hydrogen-bond acceptors (Lipinski definition) is 3. The van der Waals surface area contributed by atoms with Gasteiger partial charge in [-0.25, -0.2) is 0 Å². The fourth-order valence-corrected chi connectivity index (χ4v) is 2.53. The standard InChI is InChI=1S/C8H16ClO3P/c1-4-11-13(10,12-5-2)7-6-8(3)9/h6H,4-5,7H2,1-3H3/b8-6+. The Balaban J connectivity index is 4.24. The van der Waals surface area contributed by atoms with Crippen molar-refractivity contribution in [3.8, 4) is 0 Å². The summed E-state index contributed by atoms with van der Waals surface area (Å²) in [7, 11) is -2.93. The molecule has 0 heterocycles. The smallest absolute Gasteiger partial charge is 0.309 e. The molecule has 3 nitrogen and oxygen atoms in total. The molecule has 0 aromatic carbocycles. The van der Waals surface area contributed by atoms with E-state index in [1.165, 1.54) is 0 Å². The molecule has 0 spiro atoms. The van der Waals surface area contributed by atoms with Crippen molar-refractivity contribution < 1.29 is 13.6 Å². The minimum absolute atomic E-state index is 0.240. The Morgan fingerprint density at radius 1 is 1.38 bits per heavy atom. The monoisotopic (exact) mass is 226 g/mol. The van der Waals surface area contributed by atoms with E-state index in [-0.39, 0.29) is 6.16 Å². The summed E-state index contributed by atoms with van der Waals surface area (Å²) in [4.78, 5) is 0. The van der Waals surface area contributed by atoms with Crippen molar-refractivity contribution >= 4 is 19.2 Å². The van der Waals surface area contributed by atoms with Crippen LogP contribution in [-0.2, 0) is 13.6 Å². The van der Waals surface area contributed by atoms with Crippen molar-refractivity contribution in [3.05, 3.63) is 11.1 Å². The molecule has 0 aliphatic carbocycles. The zero-order chi connectivity index (χ0) is 10.3. The van der Waals surface area contributed by atoms with Crippen LogP contribution >= 0.6 is 19.2 Å². The molecule has 0 bridgehead atoms. The molecular weight excluding hydrogens is 211 g/mol. The van der Waals surface area contributed by atoms with Crippen LogP contribution in [0.1, 0.15) is 20.8 Å². The molecule has 0 aliphatic heterocycles. The summed E-state index contributed by atoms with van der Waals surface area (Å²) in [6.07, 6.45) is 1.89. The Hall–Kier alpha value is 0.180. The number of hydrogen-bond donors (Lipinski definition) is 0. The van der Waals surface area contributed by atoms with Crippen LogP contribution in [0, 0.1) is 0 Å². The summed E-state index contributed by atoms with van der Waals surface area (Å²) < 4.78 is 21.9. The van der Waals surface area contributed by atoms with Gasteiger partial charge in [0.15, 0.2) is 0 Å². The van der Waals surface area contributed by atoms with Crippen molar-refractivity contribution in [2.75, 3.05) is 19.4 Å². The summed E-state index contributed by atoms with van der Waals surface area (Å²) in [5.41, 5.74) is 0. The minimum atomic E-state index is -2.93. The molecule has 0 unspecified atom stereocenters. The molecule has 13 heavy (non-hydrogen) atoms. The van der Waals surface area contributed by atoms with Gasteiger partial charge in [-0.05, 0) is 20.8 Å². The molecule has 0 aromatic heterocycles. The van der Waals surface area contributed by atoms with E-state index in [9.17, 15) is 4.57 Å². The molecule has 0 aromatic rings. The summed E-state index contributed by atoms with van der Waals surface area (Å²) in [5, 5.41) is 0.597. The largest absolute Gasteiger partial charge is 0.334 e. The van der Waals surface area contributed by atoms with E-state index in [1.54, 1.807) is 26.8 Å². The van der Waals surface area contributed by atoms with Gasteiger partial charge in [0, 0.05) is 5.03 Å². The second-order valence-electron chi connectivity index (χ2n) is 2.42. The van der Waals surface area contributed by atoms with Crippen LogP contribution in [0.5, 0.6) is 0 Å². The maximum atomic E-state index is 11.8. The van der Waals surface area contributed by atoms with Crippen molar-refractivity contribution in [3.63, 3.8) is 0 Å². The second kappa shape index (κ2) is 6.61. The predicted molar refractivity (Wildman–Crippen MR) is 55.3 cm³/mol. The summed E-state index contributed by atoms with van der Waals surface area (Å²) in [6.45, 7) is 6.05. The lowest BCUT2D eigenvalue weighted by Gasteiger charge is -2.14. The molecule has 0 saturated carbocycles. The van der Waals surface area contributed by atoms with E-state index < -0.39 is 7.60 Å². The average molecular weight is 227 g/mol. The maximum Gasteiger partial charge on any atom is 0.334 e. The lowest BCUT2D eigenvalue weighted by Crippen LogP contribution is -1.98. The van der Waals surface area contributed by atoms with Gasteiger partial charge in [0.2, 0.25) is 0 Å². The SMILES string of the molecule is CCOP(=O)(C/C=C(\C)Cl)OCC. The zero-order valence-electron chi connectivity index (χ0n) is 8.25. The number of rotatable bonds is 6. The van der Waals surface area contributed by atoms with Gasteiger partial charge in [-0.2, -0.15) is 0 Å². The number of halogens is 1. The third-order valence-corrected chi connectivity index (χ3v) is 3.34. The van der Waals surface area contributed by atoms with Crippen LogP contribution in [0.25, 0.3) is 0 Å². The zero-order valence-corrected chi connectivity index (χ0v) is 9.90. The first-order chi connectivity index (χ1) is 6.04. The van der Waals surface area contributed by atoms with Crippen LogP contribution < -0.4 is 0 Å². The Morgan fingerprint density at radius 2 is 1.85 bits per heavy atom. The molecule has 0 rings (SSSR count). The molecule has 5 heteroatoms. The lowest BCUT2D eigenvalue weighted by atomic mass is 10.6. The normalized spacial score (nSPS) is 13.4. The molecule has 0 saturated heterocycles. The van der Waals surface area contributed by atoms with Crippen LogP contribution in [0.2, 0.25) is 0 Å². The van der Waals surface area contributed by atoms with Crippen LogP contribution in [0.3, 0.4) is 0 Å². The topological polar surface area (TPSA) is 35.5 Å². The average Bonchev–Trinajstić information content (AvgIpc) is 2.02. The van der Waals surface area contributed by atoms with Gasteiger partial charge in [0.25, 0.3) is 0 Å². The first kappa shape index (κ1) is 13.2. The Labute approximate surface area is 84.6 Å². The highest BCUT2D eigenvalue weighted by Gasteiger charge is 2.21. The van der Waals surface area contributed by atoms with E-state index in [0.717, 1.165) is 0 Å². The van der Waals surface area contributed by atoms with Crippen molar-refractivity contribution in [1.29, 1.82) is 0 Å². The maximum absolute atomic E-state index is 11.8. The fourth-order valence-electron chi connectivity index (χ4n) is 0.774. The third kappa shape index (κ3) is 6.28. The molecule has 78 valence electrons. The lowest BCUT2D eigenvalue weighted by molar-refractivity contribution is 0.222. The first-order valence-electron chi connectivity index (χ1n) is 4.24. The Kier molecular flexibility index (Phi) is 6.70. The van der Waals surface area contributed by atoms with Crippen LogP contribution in [0.15, 0.2) is 11.1 Å². The van der Waals surface area contributed by atoms with Crippen molar-refractivity contribution in [2.24, 2.45) is 0 Å². The van der Waals surface area contributed by atoms with Gasteiger partial charge in [-0.15, -0.1) is 0 Å². The summed E-state index contributed by atoms with van der Waals surface area (Å²) in [6, 6.07) is 0. The van der Waals surface area contributed by atoms with Crippen LogP contribution in [0.4, 0.5) is 0 Å². The third-order valence-electron chi connectivity index (χ3n) is 1.25. The van der Waals surface area contributed by atoms with Gasteiger partial charge >= 0.3 is 7.60 Å². The quantitative estimate of drug-likeness (QED) is 0.651. The number of allylic oxidation sites excluding steroid dienone is 2. The Bertz CT molecular complexity index is 201. The van der Waals surface area contributed by atoms with E-state index >= 15 is 0 Å². The van der Waals surface area contributed by atoms with E-state index in [4.69, 9.17) is 20.6 Å². The van der Waals surface area contributed by atoms with E-state index in [1.807, 2.05) is 0 Å². The predicted octanol–water partition coefficient (Wildman–Crippen LogP) is 3.40. The molecule has 0 amide bonds. The minimum Gasteiger partial charge on any atom is -0.309 e. The first-order valence-corrected chi connectivity index (χ1v) is 6.35. The van der Waals surface area contributed by atoms with Crippen LogP contribution in [-0.4, -0.2) is 19.4 Å². The van der Waals surface area contributed by atoms with Crippen molar-refractivity contribution in [1.82, 2.24) is 0 Å². The fraction of sp³-hybridized carbons (Fsp3) is 0.750. The highest BCUT2D eigenvalue weighted by atomic mass is 35.5. The molecular formula is C8H16ClO3P. The van der Waals surface area contributed by atoms with E-state index in [0.29, 0.717) is 18.2 Å². The second-order valence-corrected chi connectivity index (χ2v) is 5.12. The van der Waals surface area contributed by atoms with Gasteiger partial charge in [0.1, 0.15) is 0 Å². The van der Waals surface area contributed by atoms with Gasteiger partial charge in [-0.3, -0.25) is 4.57 Å². The van der Waals surface area contributed by atoms with Crippen molar-refractivity contribution in [2.45, 2.75) is 20.8 Å². The molecule has 0 atom stereocenters. The molecule has 0 N–H and O–H groups in total. The molecule has 0 aliphatic rings. The summed E-state index contributed by atoms with van der Waals surface area (Å²) in [5.74, 6) is 0. The summed E-state index contributed by atoms with van der Waals surface area (Å²) >= 11 is 5.61. The van der Waals surface area contributed by atoms with Gasteiger partial charge in [0.05, 0.1) is 19.4 Å².